The standard InChI is InChI=1S/C14H24N4/c1-6-15-12-11(9(2)3)13(17-8-16-12)18-10-7-14(10,4)5/h8-10H,6-7H2,1-5H3,(H2,15,16,17,18). The Kier molecular flexibility index (Phi) is 3.46. The second-order valence-corrected chi connectivity index (χ2v) is 6.06. The third kappa shape index (κ3) is 2.57. The lowest BCUT2D eigenvalue weighted by atomic mass is 10.0. The molecule has 2 N–H and O–H groups in total. The van der Waals surface area contributed by atoms with Crippen molar-refractivity contribution >= 4 is 11.6 Å². The van der Waals surface area contributed by atoms with Crippen molar-refractivity contribution in [3.8, 4) is 0 Å². The lowest BCUT2D eigenvalue weighted by molar-refractivity contribution is 0.629. The van der Waals surface area contributed by atoms with E-state index in [1.165, 1.54) is 12.0 Å². The molecule has 1 unspecified atom stereocenters. The van der Waals surface area contributed by atoms with Crippen LogP contribution >= 0.6 is 0 Å². The number of rotatable bonds is 5. The molecule has 1 atom stereocenters. The zero-order valence-corrected chi connectivity index (χ0v) is 12.0. The molecule has 0 amide bonds. The molecule has 0 bridgehead atoms. The summed E-state index contributed by atoms with van der Waals surface area (Å²) in [5, 5.41) is 6.88. The highest BCUT2D eigenvalue weighted by Gasteiger charge is 2.46. The molecular formula is C14H24N4. The maximum atomic E-state index is 4.43. The molecule has 4 heteroatoms. The minimum absolute atomic E-state index is 0.400. The van der Waals surface area contributed by atoms with Crippen LogP contribution in [-0.4, -0.2) is 22.6 Å². The van der Waals surface area contributed by atoms with Gasteiger partial charge in [0.2, 0.25) is 0 Å². The normalized spacial score (nSPS) is 20.9. The van der Waals surface area contributed by atoms with E-state index in [4.69, 9.17) is 0 Å². The molecule has 4 nitrogen and oxygen atoms in total. The Labute approximate surface area is 110 Å². The Morgan fingerprint density at radius 3 is 2.44 bits per heavy atom. The quantitative estimate of drug-likeness (QED) is 0.840. The first-order chi connectivity index (χ1) is 8.45. The van der Waals surface area contributed by atoms with Gasteiger partial charge in [-0.05, 0) is 24.7 Å². The third-order valence-electron chi connectivity index (χ3n) is 3.63. The summed E-state index contributed by atoms with van der Waals surface area (Å²) in [4.78, 5) is 8.78. The molecule has 1 aliphatic rings. The summed E-state index contributed by atoms with van der Waals surface area (Å²) in [7, 11) is 0. The van der Waals surface area contributed by atoms with Gasteiger partial charge in [-0.15, -0.1) is 0 Å². The van der Waals surface area contributed by atoms with Gasteiger partial charge in [-0.2, -0.15) is 0 Å². The van der Waals surface area contributed by atoms with E-state index in [9.17, 15) is 0 Å². The van der Waals surface area contributed by atoms with E-state index in [2.05, 4.69) is 55.2 Å². The number of nitrogens with one attached hydrogen (secondary N) is 2. The van der Waals surface area contributed by atoms with Crippen molar-refractivity contribution in [1.29, 1.82) is 0 Å². The molecule has 1 fully saturated rings. The van der Waals surface area contributed by atoms with Crippen molar-refractivity contribution in [2.24, 2.45) is 5.41 Å². The molecule has 2 rings (SSSR count). The molecule has 1 aromatic rings. The zero-order valence-electron chi connectivity index (χ0n) is 12.0. The fourth-order valence-electron chi connectivity index (χ4n) is 2.24. The lowest BCUT2D eigenvalue weighted by Gasteiger charge is -2.18. The second kappa shape index (κ2) is 4.75. The summed E-state index contributed by atoms with van der Waals surface area (Å²) in [6.45, 7) is 11.9. The van der Waals surface area contributed by atoms with Crippen molar-refractivity contribution in [1.82, 2.24) is 9.97 Å². The molecule has 0 aliphatic heterocycles. The summed E-state index contributed by atoms with van der Waals surface area (Å²) in [5.41, 5.74) is 1.60. The molecule has 0 aromatic carbocycles. The first kappa shape index (κ1) is 13.1. The summed E-state index contributed by atoms with van der Waals surface area (Å²) >= 11 is 0. The van der Waals surface area contributed by atoms with Gasteiger partial charge < -0.3 is 10.6 Å². The van der Waals surface area contributed by atoms with Crippen LogP contribution in [0.2, 0.25) is 0 Å². The molecule has 0 radical (unpaired) electrons. The summed E-state index contributed by atoms with van der Waals surface area (Å²) in [6, 6.07) is 0.541. The smallest absolute Gasteiger partial charge is 0.135 e. The van der Waals surface area contributed by atoms with Crippen LogP contribution in [0.3, 0.4) is 0 Å². The van der Waals surface area contributed by atoms with Crippen molar-refractivity contribution in [3.63, 3.8) is 0 Å². The molecule has 0 saturated heterocycles. The van der Waals surface area contributed by atoms with Crippen LogP contribution in [0, 0.1) is 5.41 Å². The van der Waals surface area contributed by atoms with E-state index in [-0.39, 0.29) is 0 Å². The largest absolute Gasteiger partial charge is 0.370 e. The van der Waals surface area contributed by atoms with E-state index < -0.39 is 0 Å². The highest BCUT2D eigenvalue weighted by molar-refractivity contribution is 5.60. The Hall–Kier alpha value is -1.32. The molecule has 1 saturated carbocycles. The van der Waals surface area contributed by atoms with Crippen LogP contribution in [0.4, 0.5) is 11.6 Å². The molecule has 0 spiro atoms. The van der Waals surface area contributed by atoms with Crippen LogP contribution in [0.1, 0.15) is 52.5 Å². The van der Waals surface area contributed by atoms with Crippen LogP contribution in [0.15, 0.2) is 6.33 Å². The lowest BCUT2D eigenvalue weighted by Crippen LogP contribution is -2.15. The Balaban J connectivity index is 2.25. The monoisotopic (exact) mass is 248 g/mol. The van der Waals surface area contributed by atoms with Crippen LogP contribution in [0.5, 0.6) is 0 Å². The van der Waals surface area contributed by atoms with E-state index in [0.29, 0.717) is 17.4 Å². The van der Waals surface area contributed by atoms with Crippen LogP contribution in [0.25, 0.3) is 0 Å². The summed E-state index contributed by atoms with van der Waals surface area (Å²) in [6.07, 6.45) is 2.85. The zero-order chi connectivity index (χ0) is 13.3. The molecule has 1 aromatic heterocycles. The van der Waals surface area contributed by atoms with Crippen molar-refractivity contribution in [2.75, 3.05) is 17.2 Å². The summed E-state index contributed by atoms with van der Waals surface area (Å²) < 4.78 is 0. The van der Waals surface area contributed by atoms with E-state index in [1.807, 2.05) is 0 Å². The average molecular weight is 248 g/mol. The molecule has 1 aliphatic carbocycles. The molecule has 1 heterocycles. The van der Waals surface area contributed by atoms with Crippen molar-refractivity contribution < 1.29 is 0 Å². The SMILES string of the molecule is CCNc1ncnc(NC2CC2(C)C)c1C(C)C. The maximum Gasteiger partial charge on any atom is 0.135 e. The van der Waals surface area contributed by atoms with Crippen molar-refractivity contribution in [2.45, 2.75) is 53.0 Å². The molecule has 18 heavy (non-hydrogen) atoms. The maximum absolute atomic E-state index is 4.43. The van der Waals surface area contributed by atoms with Gasteiger partial charge in [-0.25, -0.2) is 9.97 Å². The van der Waals surface area contributed by atoms with Crippen LogP contribution in [-0.2, 0) is 0 Å². The predicted molar refractivity (Wildman–Crippen MR) is 76.1 cm³/mol. The van der Waals surface area contributed by atoms with Gasteiger partial charge in [0.25, 0.3) is 0 Å². The van der Waals surface area contributed by atoms with E-state index >= 15 is 0 Å². The van der Waals surface area contributed by atoms with Gasteiger partial charge in [0.15, 0.2) is 0 Å². The van der Waals surface area contributed by atoms with Gasteiger partial charge >= 0.3 is 0 Å². The van der Waals surface area contributed by atoms with Crippen molar-refractivity contribution in [3.05, 3.63) is 11.9 Å². The van der Waals surface area contributed by atoms with Gasteiger partial charge in [-0.3, -0.25) is 0 Å². The van der Waals surface area contributed by atoms with E-state index in [1.54, 1.807) is 6.33 Å². The van der Waals surface area contributed by atoms with Gasteiger partial charge in [0.1, 0.15) is 18.0 Å². The van der Waals surface area contributed by atoms with E-state index in [0.717, 1.165) is 18.2 Å². The highest BCUT2D eigenvalue weighted by atomic mass is 15.1. The number of hydrogen-bond acceptors (Lipinski definition) is 4. The fourth-order valence-corrected chi connectivity index (χ4v) is 2.24. The number of nitrogens with zero attached hydrogens (tertiary/aromatic N) is 2. The van der Waals surface area contributed by atoms with Gasteiger partial charge in [0, 0.05) is 18.2 Å². The third-order valence-corrected chi connectivity index (χ3v) is 3.63. The fraction of sp³-hybridized carbons (Fsp3) is 0.714. The molecule has 100 valence electrons. The predicted octanol–water partition coefficient (Wildman–Crippen LogP) is 3.24. The first-order valence-electron chi connectivity index (χ1n) is 6.81. The number of anilines is 2. The molecular weight excluding hydrogens is 224 g/mol. The topological polar surface area (TPSA) is 49.8 Å². The van der Waals surface area contributed by atoms with Gasteiger partial charge in [0.05, 0.1) is 0 Å². The second-order valence-electron chi connectivity index (χ2n) is 6.06. The minimum Gasteiger partial charge on any atom is -0.370 e. The summed E-state index contributed by atoms with van der Waals surface area (Å²) in [5.74, 6) is 2.36. The number of aromatic nitrogens is 2. The van der Waals surface area contributed by atoms with Gasteiger partial charge in [-0.1, -0.05) is 27.7 Å². The number of hydrogen-bond donors (Lipinski definition) is 2. The Morgan fingerprint density at radius 1 is 1.33 bits per heavy atom. The highest BCUT2D eigenvalue weighted by Crippen LogP contribution is 2.47. The Bertz CT molecular complexity index is 426. The Morgan fingerprint density at radius 2 is 1.94 bits per heavy atom. The van der Waals surface area contributed by atoms with Crippen LogP contribution < -0.4 is 10.6 Å². The minimum atomic E-state index is 0.400. The first-order valence-corrected chi connectivity index (χ1v) is 6.81. The average Bonchev–Trinajstić information content (AvgIpc) is 2.86.